The second-order valence-corrected chi connectivity index (χ2v) is 5.12. The van der Waals surface area contributed by atoms with Gasteiger partial charge in [-0.15, -0.1) is 6.42 Å². The minimum absolute atomic E-state index is 0.0918. The molecule has 3 N–H and O–H groups in total. The molecule has 0 spiro atoms. The van der Waals surface area contributed by atoms with Gasteiger partial charge in [0.15, 0.2) is 5.96 Å². The molecule has 0 aliphatic heterocycles. The minimum Gasteiger partial charge on any atom is -0.382 e. The maximum Gasteiger partial charge on any atom is 0.222 e. The average Bonchev–Trinajstić information content (AvgIpc) is 2.64. The first-order valence-electron chi connectivity index (χ1n) is 8.46. The summed E-state index contributed by atoms with van der Waals surface area (Å²) in [5.74, 6) is 2.93. The molecule has 0 aliphatic rings. The van der Waals surface area contributed by atoms with Gasteiger partial charge in [-0.1, -0.05) is 12.0 Å². The molecule has 0 atom stereocenters. The average molecular weight is 345 g/mol. The van der Waals surface area contributed by atoms with E-state index in [2.05, 4.69) is 31.8 Å². The van der Waals surface area contributed by atoms with Crippen molar-refractivity contribution in [3.8, 4) is 12.3 Å². The quantitative estimate of drug-likeness (QED) is 0.238. The number of hydrogen-bond donors (Lipinski definition) is 3. The number of pyridine rings is 1. The van der Waals surface area contributed by atoms with E-state index in [1.807, 2.05) is 25.1 Å². The number of guanidine groups is 1. The fourth-order valence-electron chi connectivity index (χ4n) is 1.88. The standard InChI is InChI=1S/C18H27N5O2/c1-3-10-20-17(24)9-13-22-18(21-12-7-14-25-4-2)23-15-16-8-5-6-11-19-16/h1,5-6,8,11H,4,7,9-10,12-15H2,2H3,(H,20,24)(H2,21,22,23). The van der Waals surface area contributed by atoms with Crippen molar-refractivity contribution in [3.05, 3.63) is 30.1 Å². The van der Waals surface area contributed by atoms with Gasteiger partial charge in [-0.25, -0.2) is 4.99 Å². The second kappa shape index (κ2) is 13.8. The van der Waals surface area contributed by atoms with Crippen LogP contribution in [0.15, 0.2) is 29.4 Å². The number of terminal acetylenes is 1. The third kappa shape index (κ3) is 10.7. The van der Waals surface area contributed by atoms with Crippen LogP contribution in [0, 0.1) is 12.3 Å². The van der Waals surface area contributed by atoms with Gasteiger partial charge in [0.2, 0.25) is 5.91 Å². The Kier molecular flexibility index (Phi) is 11.3. The van der Waals surface area contributed by atoms with E-state index in [1.165, 1.54) is 0 Å². The highest BCUT2D eigenvalue weighted by atomic mass is 16.5. The Balaban J connectivity index is 2.43. The normalized spacial score (nSPS) is 10.8. The highest BCUT2D eigenvalue weighted by Crippen LogP contribution is 1.95. The molecular formula is C18H27N5O2. The number of carbonyl (C=O) groups is 1. The van der Waals surface area contributed by atoms with Crippen LogP contribution in [0.4, 0.5) is 0 Å². The van der Waals surface area contributed by atoms with Crippen LogP contribution in [0.5, 0.6) is 0 Å². The summed E-state index contributed by atoms with van der Waals surface area (Å²) >= 11 is 0. The Morgan fingerprint density at radius 1 is 1.32 bits per heavy atom. The zero-order chi connectivity index (χ0) is 18.2. The fourth-order valence-corrected chi connectivity index (χ4v) is 1.88. The van der Waals surface area contributed by atoms with Crippen molar-refractivity contribution < 1.29 is 9.53 Å². The molecule has 1 heterocycles. The number of nitrogens with zero attached hydrogens (tertiary/aromatic N) is 2. The molecule has 0 radical (unpaired) electrons. The van der Waals surface area contributed by atoms with Crippen molar-refractivity contribution in [1.82, 2.24) is 20.9 Å². The molecule has 0 unspecified atom stereocenters. The van der Waals surface area contributed by atoms with E-state index in [9.17, 15) is 4.79 Å². The van der Waals surface area contributed by atoms with E-state index in [4.69, 9.17) is 11.2 Å². The van der Waals surface area contributed by atoms with Crippen LogP contribution in [0.25, 0.3) is 0 Å². The van der Waals surface area contributed by atoms with Gasteiger partial charge in [-0.05, 0) is 25.5 Å². The summed E-state index contributed by atoms with van der Waals surface area (Å²) in [6.45, 7) is 5.30. The van der Waals surface area contributed by atoms with Gasteiger partial charge in [0.1, 0.15) is 0 Å². The molecular weight excluding hydrogens is 318 g/mol. The lowest BCUT2D eigenvalue weighted by Crippen LogP contribution is -2.40. The maximum absolute atomic E-state index is 11.6. The number of nitrogens with one attached hydrogen (secondary N) is 3. The molecule has 0 aliphatic carbocycles. The topological polar surface area (TPSA) is 87.6 Å². The van der Waals surface area contributed by atoms with E-state index < -0.39 is 0 Å². The van der Waals surface area contributed by atoms with Gasteiger partial charge in [-0.2, -0.15) is 0 Å². The van der Waals surface area contributed by atoms with E-state index in [0.29, 0.717) is 38.7 Å². The monoisotopic (exact) mass is 345 g/mol. The van der Waals surface area contributed by atoms with Crippen LogP contribution >= 0.6 is 0 Å². The summed E-state index contributed by atoms with van der Waals surface area (Å²) in [7, 11) is 0. The van der Waals surface area contributed by atoms with Gasteiger partial charge in [0, 0.05) is 38.9 Å². The number of aliphatic imine (C=N–C) groups is 1. The molecule has 0 saturated carbocycles. The second-order valence-electron chi connectivity index (χ2n) is 5.12. The smallest absolute Gasteiger partial charge is 0.222 e. The van der Waals surface area contributed by atoms with Crippen molar-refractivity contribution in [2.75, 3.05) is 32.8 Å². The van der Waals surface area contributed by atoms with Gasteiger partial charge in [-0.3, -0.25) is 9.78 Å². The van der Waals surface area contributed by atoms with Crippen molar-refractivity contribution in [3.63, 3.8) is 0 Å². The molecule has 0 bridgehead atoms. The van der Waals surface area contributed by atoms with Crippen LogP contribution in [0.2, 0.25) is 0 Å². The molecule has 1 aromatic rings. The first-order valence-corrected chi connectivity index (χ1v) is 8.46. The number of ether oxygens (including phenoxy) is 1. The van der Waals surface area contributed by atoms with Crippen LogP contribution < -0.4 is 16.0 Å². The summed E-state index contributed by atoms with van der Waals surface area (Å²) in [4.78, 5) is 20.3. The number of carbonyl (C=O) groups excluding carboxylic acids is 1. The van der Waals surface area contributed by atoms with Crippen molar-refractivity contribution in [2.24, 2.45) is 4.99 Å². The number of amides is 1. The summed E-state index contributed by atoms with van der Waals surface area (Å²) in [6.07, 6.45) is 8.05. The van der Waals surface area contributed by atoms with Gasteiger partial charge in [0.25, 0.3) is 0 Å². The largest absolute Gasteiger partial charge is 0.382 e. The molecule has 1 aromatic heterocycles. The molecule has 1 rings (SSSR count). The highest BCUT2D eigenvalue weighted by Gasteiger charge is 2.02. The van der Waals surface area contributed by atoms with E-state index in [0.717, 1.165) is 18.7 Å². The van der Waals surface area contributed by atoms with Crippen molar-refractivity contribution >= 4 is 11.9 Å². The Hall–Kier alpha value is -2.59. The van der Waals surface area contributed by atoms with Crippen molar-refractivity contribution in [2.45, 2.75) is 26.3 Å². The minimum atomic E-state index is -0.0918. The lowest BCUT2D eigenvalue weighted by molar-refractivity contribution is -0.120. The number of aromatic nitrogens is 1. The Morgan fingerprint density at radius 3 is 2.88 bits per heavy atom. The van der Waals surface area contributed by atoms with Gasteiger partial charge < -0.3 is 20.7 Å². The highest BCUT2D eigenvalue weighted by molar-refractivity contribution is 5.81. The first-order chi connectivity index (χ1) is 12.3. The first kappa shape index (κ1) is 20.5. The lowest BCUT2D eigenvalue weighted by atomic mass is 10.3. The van der Waals surface area contributed by atoms with Gasteiger partial charge >= 0.3 is 0 Å². The molecule has 1 amide bonds. The Morgan fingerprint density at radius 2 is 2.16 bits per heavy atom. The van der Waals surface area contributed by atoms with Crippen molar-refractivity contribution in [1.29, 1.82) is 0 Å². The maximum atomic E-state index is 11.6. The number of hydrogen-bond acceptors (Lipinski definition) is 4. The number of rotatable bonds is 11. The fraction of sp³-hybridized carbons (Fsp3) is 0.500. The predicted octanol–water partition coefficient (Wildman–Crippen LogP) is 0.683. The molecule has 0 fully saturated rings. The van der Waals surface area contributed by atoms with E-state index in [1.54, 1.807) is 6.20 Å². The summed E-state index contributed by atoms with van der Waals surface area (Å²) < 4.78 is 5.32. The van der Waals surface area contributed by atoms with Gasteiger partial charge in [0.05, 0.1) is 18.8 Å². The molecule has 136 valence electrons. The zero-order valence-electron chi connectivity index (χ0n) is 14.8. The Bertz CT molecular complexity index is 554. The SMILES string of the molecule is C#CCNC(=O)CCNC(=NCc1ccccn1)NCCCOCC. The Labute approximate surface area is 149 Å². The summed E-state index contributed by atoms with van der Waals surface area (Å²) in [5.41, 5.74) is 0.879. The molecule has 25 heavy (non-hydrogen) atoms. The van der Waals surface area contributed by atoms with Crippen LogP contribution in [-0.2, 0) is 16.1 Å². The third-order valence-electron chi connectivity index (χ3n) is 3.12. The molecule has 0 saturated heterocycles. The molecule has 0 aromatic carbocycles. The van der Waals surface area contributed by atoms with Crippen LogP contribution in [0.3, 0.4) is 0 Å². The van der Waals surface area contributed by atoms with E-state index >= 15 is 0 Å². The molecule has 7 heteroatoms. The summed E-state index contributed by atoms with van der Waals surface area (Å²) in [6, 6.07) is 5.72. The predicted molar refractivity (Wildman–Crippen MR) is 99.0 cm³/mol. The third-order valence-corrected chi connectivity index (χ3v) is 3.12. The lowest BCUT2D eigenvalue weighted by Gasteiger charge is -2.12. The van der Waals surface area contributed by atoms with Crippen LogP contribution in [-0.4, -0.2) is 49.7 Å². The zero-order valence-corrected chi connectivity index (χ0v) is 14.8. The van der Waals surface area contributed by atoms with E-state index in [-0.39, 0.29) is 12.5 Å². The summed E-state index contributed by atoms with van der Waals surface area (Å²) in [5, 5.41) is 9.01. The van der Waals surface area contributed by atoms with Crippen LogP contribution in [0.1, 0.15) is 25.5 Å². The molecule has 7 nitrogen and oxygen atoms in total.